The summed E-state index contributed by atoms with van der Waals surface area (Å²) in [4.78, 5) is 51.2. The first-order chi connectivity index (χ1) is 20.0. The van der Waals surface area contributed by atoms with E-state index in [2.05, 4.69) is 16.0 Å². The number of allylic oxidation sites excluding steroid dienone is 1. The Balaban J connectivity index is 1.69. The molecular weight excluding hydrogens is 530 g/mol. The number of rotatable bonds is 11. The number of aliphatic hydroxyl groups excluding tert-OH is 1. The minimum absolute atomic E-state index is 0.0173. The zero-order chi connectivity index (χ0) is 29.3. The molecule has 0 fully saturated rings. The summed E-state index contributed by atoms with van der Waals surface area (Å²) in [6, 6.07) is 17.1. The molecule has 3 atom stereocenters. The van der Waals surface area contributed by atoms with Crippen LogP contribution in [0.1, 0.15) is 36.5 Å². The molecule has 0 aliphatic carbocycles. The van der Waals surface area contributed by atoms with Crippen molar-refractivity contribution in [2.45, 2.75) is 38.0 Å². The lowest BCUT2D eigenvalue weighted by molar-refractivity contribution is -0.152. The molecule has 0 radical (unpaired) electrons. The fourth-order valence-electron chi connectivity index (χ4n) is 4.08. The van der Waals surface area contributed by atoms with Gasteiger partial charge in [0.1, 0.15) is 18.8 Å². The SMILES string of the molecule is O=C(C[C@H]1CC=CC[C@@H](NC(=O)OCc2ccccc2)C(=O)O[C@H](c2ccccc2)CNC1=O)NCCOCCO. The number of hydrogen-bond acceptors (Lipinski definition) is 8. The number of nitrogens with one attached hydrogen (secondary N) is 3. The molecule has 2 aromatic rings. The van der Waals surface area contributed by atoms with Crippen LogP contribution in [0.4, 0.5) is 4.79 Å². The second kappa shape index (κ2) is 17.5. The average Bonchev–Trinajstić information content (AvgIpc) is 2.99. The molecule has 0 unspecified atom stereocenters. The number of esters is 1. The normalized spacial score (nSPS) is 19.6. The van der Waals surface area contributed by atoms with Gasteiger partial charge >= 0.3 is 12.1 Å². The van der Waals surface area contributed by atoms with Crippen molar-refractivity contribution >= 4 is 23.9 Å². The van der Waals surface area contributed by atoms with Crippen LogP contribution < -0.4 is 16.0 Å². The van der Waals surface area contributed by atoms with Crippen LogP contribution in [-0.2, 0) is 35.2 Å². The van der Waals surface area contributed by atoms with Gasteiger partial charge in [0, 0.05) is 13.0 Å². The lowest BCUT2D eigenvalue weighted by Crippen LogP contribution is -2.44. The van der Waals surface area contributed by atoms with Crippen LogP contribution in [0.15, 0.2) is 72.8 Å². The molecule has 0 aromatic heterocycles. The second-order valence-electron chi connectivity index (χ2n) is 9.37. The predicted molar refractivity (Wildman–Crippen MR) is 149 cm³/mol. The first-order valence-electron chi connectivity index (χ1n) is 13.6. The summed E-state index contributed by atoms with van der Waals surface area (Å²) in [5.41, 5.74) is 1.47. The molecule has 41 heavy (non-hydrogen) atoms. The standard InChI is InChI=1S/C30H37N3O8/c34-16-18-39-17-15-31-27(35)19-24-13-7-8-14-25(33-30(38)40-21-22-9-3-1-4-10-22)29(37)41-26(20-32-28(24)36)23-11-5-2-6-12-23/h1-12,24-26,34H,13-21H2,(H,31,35)(H,32,36)(H,33,38)/t24-,25-,26+/m1/s1. The number of cyclic esters (lactones) is 1. The summed E-state index contributed by atoms with van der Waals surface area (Å²) in [6.45, 7) is 0.599. The fourth-order valence-corrected chi connectivity index (χ4v) is 4.08. The number of aliphatic hydroxyl groups is 1. The van der Waals surface area contributed by atoms with Gasteiger partial charge in [-0.25, -0.2) is 9.59 Å². The van der Waals surface area contributed by atoms with Gasteiger partial charge in [-0.2, -0.15) is 0 Å². The van der Waals surface area contributed by atoms with Crippen LogP contribution in [0.25, 0.3) is 0 Å². The smallest absolute Gasteiger partial charge is 0.408 e. The Hall–Kier alpha value is -4.22. The largest absolute Gasteiger partial charge is 0.454 e. The van der Waals surface area contributed by atoms with Crippen LogP contribution in [0, 0.1) is 5.92 Å². The zero-order valence-corrected chi connectivity index (χ0v) is 22.8. The van der Waals surface area contributed by atoms with Crippen LogP contribution in [0.3, 0.4) is 0 Å². The number of alkyl carbamates (subject to hydrolysis) is 1. The maximum absolute atomic E-state index is 13.2. The molecule has 4 N–H and O–H groups in total. The van der Waals surface area contributed by atoms with E-state index in [1.807, 2.05) is 36.4 Å². The van der Waals surface area contributed by atoms with Crippen LogP contribution >= 0.6 is 0 Å². The van der Waals surface area contributed by atoms with Crippen molar-refractivity contribution < 1.29 is 38.5 Å². The summed E-state index contributed by atoms with van der Waals surface area (Å²) < 4.78 is 16.2. The molecule has 2 aromatic carbocycles. The zero-order valence-electron chi connectivity index (χ0n) is 22.8. The maximum atomic E-state index is 13.2. The summed E-state index contributed by atoms with van der Waals surface area (Å²) in [5, 5.41) is 16.9. The van der Waals surface area contributed by atoms with E-state index in [1.165, 1.54) is 0 Å². The van der Waals surface area contributed by atoms with E-state index in [0.717, 1.165) is 5.56 Å². The number of amides is 3. The summed E-state index contributed by atoms with van der Waals surface area (Å²) >= 11 is 0. The molecule has 0 saturated carbocycles. The number of hydrogen-bond donors (Lipinski definition) is 4. The molecule has 1 aliphatic rings. The van der Waals surface area contributed by atoms with E-state index in [0.29, 0.717) is 5.56 Å². The first kappa shape index (κ1) is 31.3. The van der Waals surface area contributed by atoms with Gasteiger partial charge in [0.2, 0.25) is 11.8 Å². The lowest BCUT2D eigenvalue weighted by atomic mass is 9.98. The Labute approximate surface area is 239 Å². The summed E-state index contributed by atoms with van der Waals surface area (Å²) in [5.74, 6) is -2.00. The van der Waals surface area contributed by atoms with E-state index in [4.69, 9.17) is 19.3 Å². The molecule has 11 heteroatoms. The third kappa shape index (κ3) is 11.4. The molecule has 1 aliphatic heterocycles. The van der Waals surface area contributed by atoms with Crippen molar-refractivity contribution in [2.24, 2.45) is 5.92 Å². The van der Waals surface area contributed by atoms with Gasteiger partial charge in [-0.05, 0) is 24.0 Å². The Morgan fingerprint density at radius 1 is 0.976 bits per heavy atom. The number of ether oxygens (including phenoxy) is 3. The van der Waals surface area contributed by atoms with Crippen molar-refractivity contribution in [3.63, 3.8) is 0 Å². The van der Waals surface area contributed by atoms with E-state index >= 15 is 0 Å². The molecule has 11 nitrogen and oxygen atoms in total. The minimum Gasteiger partial charge on any atom is -0.454 e. The Morgan fingerprint density at radius 3 is 2.41 bits per heavy atom. The van der Waals surface area contributed by atoms with Crippen LogP contribution in [0.5, 0.6) is 0 Å². The van der Waals surface area contributed by atoms with Crippen molar-refractivity contribution in [3.05, 3.63) is 83.9 Å². The quantitative estimate of drug-likeness (QED) is 0.183. The highest BCUT2D eigenvalue weighted by atomic mass is 16.6. The Bertz CT molecular complexity index is 1140. The molecule has 0 bridgehead atoms. The van der Waals surface area contributed by atoms with Gasteiger partial charge in [-0.15, -0.1) is 0 Å². The van der Waals surface area contributed by atoms with E-state index in [9.17, 15) is 19.2 Å². The highest BCUT2D eigenvalue weighted by molar-refractivity contribution is 5.86. The van der Waals surface area contributed by atoms with Gasteiger partial charge < -0.3 is 35.3 Å². The van der Waals surface area contributed by atoms with Crippen LogP contribution in [0.2, 0.25) is 0 Å². The molecule has 220 valence electrons. The molecule has 1 heterocycles. The molecule has 0 spiro atoms. The van der Waals surface area contributed by atoms with Crippen molar-refractivity contribution in [1.82, 2.24) is 16.0 Å². The Kier molecular flexibility index (Phi) is 13.3. The van der Waals surface area contributed by atoms with E-state index in [-0.39, 0.29) is 70.6 Å². The van der Waals surface area contributed by atoms with Gasteiger partial charge in [0.15, 0.2) is 0 Å². The highest BCUT2D eigenvalue weighted by Gasteiger charge is 2.28. The third-order valence-corrected chi connectivity index (χ3v) is 6.25. The molecular formula is C30H37N3O8. The van der Waals surface area contributed by atoms with E-state index in [1.54, 1.807) is 36.4 Å². The van der Waals surface area contributed by atoms with Crippen molar-refractivity contribution in [2.75, 3.05) is 32.9 Å². The van der Waals surface area contributed by atoms with Crippen LogP contribution in [-0.4, -0.2) is 67.9 Å². The Morgan fingerprint density at radius 2 is 1.68 bits per heavy atom. The summed E-state index contributed by atoms with van der Waals surface area (Å²) in [7, 11) is 0. The molecule has 0 saturated heterocycles. The maximum Gasteiger partial charge on any atom is 0.408 e. The lowest BCUT2D eigenvalue weighted by Gasteiger charge is -2.24. The van der Waals surface area contributed by atoms with Gasteiger partial charge in [0.05, 0.1) is 32.3 Å². The van der Waals surface area contributed by atoms with E-state index < -0.39 is 30.1 Å². The highest BCUT2D eigenvalue weighted by Crippen LogP contribution is 2.20. The first-order valence-corrected chi connectivity index (χ1v) is 13.6. The van der Waals surface area contributed by atoms with Gasteiger partial charge in [-0.3, -0.25) is 9.59 Å². The topological polar surface area (TPSA) is 152 Å². The second-order valence-corrected chi connectivity index (χ2v) is 9.37. The minimum atomic E-state index is -1.03. The summed E-state index contributed by atoms with van der Waals surface area (Å²) in [6.07, 6.45) is 2.08. The predicted octanol–water partition coefficient (Wildman–Crippen LogP) is 2.16. The number of carbonyl (C=O) groups is 4. The average molecular weight is 568 g/mol. The third-order valence-electron chi connectivity index (χ3n) is 6.25. The number of benzene rings is 2. The molecule has 3 amide bonds. The monoisotopic (exact) mass is 567 g/mol. The number of carbonyl (C=O) groups excluding carboxylic acids is 4. The molecule has 3 rings (SSSR count). The van der Waals surface area contributed by atoms with Gasteiger partial charge in [-0.1, -0.05) is 72.8 Å². The van der Waals surface area contributed by atoms with Crippen molar-refractivity contribution in [3.8, 4) is 0 Å². The fraction of sp³-hybridized carbons (Fsp3) is 0.400. The van der Waals surface area contributed by atoms with Gasteiger partial charge in [0.25, 0.3) is 0 Å². The van der Waals surface area contributed by atoms with Crippen molar-refractivity contribution in [1.29, 1.82) is 0 Å².